The van der Waals surface area contributed by atoms with Crippen LogP contribution in [-0.2, 0) is 0 Å². The minimum absolute atomic E-state index is 0.113. The maximum absolute atomic E-state index is 10.4. The van der Waals surface area contributed by atoms with Crippen LogP contribution in [0.1, 0.15) is 63.0 Å². The van der Waals surface area contributed by atoms with E-state index in [9.17, 15) is 10.2 Å². The number of hydrogen-bond donors (Lipinski definition) is 2. The molecule has 0 saturated heterocycles. The van der Waals surface area contributed by atoms with Gasteiger partial charge in [-0.3, -0.25) is 0 Å². The van der Waals surface area contributed by atoms with E-state index in [1.165, 1.54) is 24.0 Å². The summed E-state index contributed by atoms with van der Waals surface area (Å²) in [4.78, 5) is 0. The molecule has 0 amide bonds. The molecule has 0 heterocycles. The highest BCUT2D eigenvalue weighted by atomic mass is 16.3. The molecule has 2 heteroatoms. The Kier molecular flexibility index (Phi) is 3.77. The quantitative estimate of drug-likeness (QED) is 0.847. The molecular formula is C19H28O2. The average Bonchev–Trinajstić information content (AvgIpc) is 2.74. The molecule has 2 saturated carbocycles. The van der Waals surface area contributed by atoms with Crippen LogP contribution in [-0.4, -0.2) is 16.3 Å². The van der Waals surface area contributed by atoms with Crippen LogP contribution in [0.2, 0.25) is 0 Å². The summed E-state index contributed by atoms with van der Waals surface area (Å²) >= 11 is 0. The van der Waals surface area contributed by atoms with Crippen molar-refractivity contribution < 1.29 is 10.2 Å². The molecular weight excluding hydrogens is 260 g/mol. The Morgan fingerprint density at radius 1 is 1.24 bits per heavy atom. The Labute approximate surface area is 128 Å². The lowest BCUT2D eigenvalue weighted by Crippen LogP contribution is -2.42. The van der Waals surface area contributed by atoms with Crippen LogP contribution in [0, 0.1) is 24.2 Å². The van der Waals surface area contributed by atoms with Gasteiger partial charge in [0.1, 0.15) is 5.75 Å². The van der Waals surface area contributed by atoms with Crippen molar-refractivity contribution in [3.05, 3.63) is 29.3 Å². The smallest absolute Gasteiger partial charge is 0.115 e. The van der Waals surface area contributed by atoms with Crippen LogP contribution >= 0.6 is 0 Å². The van der Waals surface area contributed by atoms with Crippen LogP contribution in [0.4, 0.5) is 0 Å². The van der Waals surface area contributed by atoms with Crippen LogP contribution in [0.3, 0.4) is 0 Å². The zero-order valence-electron chi connectivity index (χ0n) is 13.5. The summed E-state index contributed by atoms with van der Waals surface area (Å²) in [7, 11) is 0. The second-order valence-corrected chi connectivity index (χ2v) is 7.46. The maximum Gasteiger partial charge on any atom is 0.115 e. The van der Waals surface area contributed by atoms with Gasteiger partial charge in [-0.1, -0.05) is 26.3 Å². The van der Waals surface area contributed by atoms with Gasteiger partial charge in [-0.25, -0.2) is 0 Å². The summed E-state index contributed by atoms with van der Waals surface area (Å²) in [6.07, 6.45) is 5.49. The van der Waals surface area contributed by atoms with E-state index in [4.69, 9.17) is 0 Å². The fourth-order valence-electron chi connectivity index (χ4n) is 5.29. The van der Waals surface area contributed by atoms with Crippen LogP contribution in [0.15, 0.2) is 18.2 Å². The van der Waals surface area contributed by atoms with Crippen molar-refractivity contribution in [1.29, 1.82) is 0 Å². The Bertz CT molecular complexity index is 524. The van der Waals surface area contributed by atoms with Crippen molar-refractivity contribution in [2.45, 2.75) is 64.9 Å². The van der Waals surface area contributed by atoms with E-state index in [2.05, 4.69) is 26.8 Å². The first-order valence-electron chi connectivity index (χ1n) is 8.45. The summed E-state index contributed by atoms with van der Waals surface area (Å²) in [5.41, 5.74) is 2.74. The SMILES string of the molecule is CCC1C(c2ccc(O)cc2C)CCC2(C)C(O)CCC12. The third-order valence-electron chi connectivity index (χ3n) is 6.51. The number of aliphatic hydroxyl groups excluding tert-OH is 1. The Morgan fingerprint density at radius 2 is 2.00 bits per heavy atom. The third-order valence-corrected chi connectivity index (χ3v) is 6.51. The largest absolute Gasteiger partial charge is 0.508 e. The zero-order chi connectivity index (χ0) is 15.2. The molecule has 2 aliphatic carbocycles. The van der Waals surface area contributed by atoms with E-state index in [0.29, 0.717) is 23.5 Å². The topological polar surface area (TPSA) is 40.5 Å². The number of phenols is 1. The lowest BCUT2D eigenvalue weighted by atomic mass is 9.57. The summed E-state index contributed by atoms with van der Waals surface area (Å²) < 4.78 is 0. The number of aliphatic hydroxyl groups is 1. The van der Waals surface area contributed by atoms with Gasteiger partial charge >= 0.3 is 0 Å². The Morgan fingerprint density at radius 3 is 2.67 bits per heavy atom. The van der Waals surface area contributed by atoms with Crippen molar-refractivity contribution in [3.8, 4) is 5.75 Å². The van der Waals surface area contributed by atoms with Gasteiger partial charge in [0.25, 0.3) is 0 Å². The number of fused-ring (bicyclic) bond motifs is 1. The van der Waals surface area contributed by atoms with Gasteiger partial charge in [0, 0.05) is 0 Å². The third kappa shape index (κ3) is 2.28. The molecule has 2 fully saturated rings. The van der Waals surface area contributed by atoms with Crippen molar-refractivity contribution in [2.24, 2.45) is 17.3 Å². The van der Waals surface area contributed by atoms with Crippen molar-refractivity contribution >= 4 is 0 Å². The van der Waals surface area contributed by atoms with E-state index in [1.54, 1.807) is 0 Å². The van der Waals surface area contributed by atoms with Gasteiger partial charge in [-0.15, -0.1) is 0 Å². The minimum Gasteiger partial charge on any atom is -0.508 e. The van der Waals surface area contributed by atoms with Gasteiger partial charge in [0.2, 0.25) is 0 Å². The van der Waals surface area contributed by atoms with Crippen molar-refractivity contribution in [1.82, 2.24) is 0 Å². The normalized spacial score (nSPS) is 39.2. The molecule has 5 unspecified atom stereocenters. The first-order chi connectivity index (χ1) is 9.97. The second-order valence-electron chi connectivity index (χ2n) is 7.46. The monoisotopic (exact) mass is 288 g/mol. The number of hydrogen-bond acceptors (Lipinski definition) is 2. The molecule has 3 rings (SSSR count). The molecule has 2 N–H and O–H groups in total. The first kappa shape index (κ1) is 14.9. The second kappa shape index (κ2) is 5.31. The van der Waals surface area contributed by atoms with E-state index in [0.717, 1.165) is 19.3 Å². The summed E-state index contributed by atoms with van der Waals surface area (Å²) in [6, 6.07) is 5.83. The number of aromatic hydroxyl groups is 1. The van der Waals surface area contributed by atoms with Crippen molar-refractivity contribution in [3.63, 3.8) is 0 Å². The fourth-order valence-corrected chi connectivity index (χ4v) is 5.29. The Balaban J connectivity index is 1.94. The number of rotatable bonds is 2. The van der Waals surface area contributed by atoms with Gasteiger partial charge in [-0.05, 0) is 79.0 Å². The highest BCUT2D eigenvalue weighted by Gasteiger charge is 2.53. The lowest BCUT2D eigenvalue weighted by Gasteiger charge is -2.48. The van der Waals surface area contributed by atoms with Crippen LogP contribution in [0.5, 0.6) is 5.75 Å². The summed E-state index contributed by atoms with van der Waals surface area (Å²) in [5, 5.41) is 20.1. The molecule has 1 aromatic carbocycles. The molecule has 116 valence electrons. The summed E-state index contributed by atoms with van der Waals surface area (Å²) in [5.74, 6) is 2.24. The molecule has 0 aliphatic heterocycles. The van der Waals surface area contributed by atoms with Gasteiger partial charge in [0.15, 0.2) is 0 Å². The van der Waals surface area contributed by atoms with Gasteiger partial charge < -0.3 is 10.2 Å². The lowest BCUT2D eigenvalue weighted by molar-refractivity contribution is -0.0195. The van der Waals surface area contributed by atoms with Crippen molar-refractivity contribution in [2.75, 3.05) is 0 Å². The predicted octanol–water partition coefficient (Wildman–Crippen LogP) is 4.38. The zero-order valence-corrected chi connectivity index (χ0v) is 13.5. The first-order valence-corrected chi connectivity index (χ1v) is 8.45. The van der Waals surface area contributed by atoms with Crippen LogP contribution < -0.4 is 0 Å². The molecule has 5 atom stereocenters. The highest BCUT2D eigenvalue weighted by molar-refractivity contribution is 5.37. The number of phenolic OH excluding ortho intramolecular Hbond substituents is 1. The molecule has 0 aromatic heterocycles. The van der Waals surface area contributed by atoms with Gasteiger partial charge in [0.05, 0.1) is 6.10 Å². The van der Waals surface area contributed by atoms with E-state index < -0.39 is 0 Å². The fraction of sp³-hybridized carbons (Fsp3) is 0.684. The standard InChI is InChI=1S/C19H28O2/c1-4-14-16(15-6-5-13(20)11-12(15)2)9-10-19(3)17(14)7-8-18(19)21/h5-6,11,14,16-18,20-21H,4,7-10H2,1-3H3. The van der Waals surface area contributed by atoms with E-state index >= 15 is 0 Å². The number of benzene rings is 1. The molecule has 0 spiro atoms. The van der Waals surface area contributed by atoms with Gasteiger partial charge in [-0.2, -0.15) is 0 Å². The molecule has 1 aromatic rings. The molecule has 2 aliphatic rings. The van der Waals surface area contributed by atoms with E-state index in [1.807, 2.05) is 12.1 Å². The molecule has 0 bridgehead atoms. The molecule has 2 nitrogen and oxygen atoms in total. The molecule has 21 heavy (non-hydrogen) atoms. The molecule has 0 radical (unpaired) electrons. The predicted molar refractivity (Wildman–Crippen MR) is 85.4 cm³/mol. The summed E-state index contributed by atoms with van der Waals surface area (Å²) in [6.45, 7) is 6.71. The Hall–Kier alpha value is -1.02. The number of aryl methyl sites for hydroxylation is 1. The minimum atomic E-state index is -0.113. The van der Waals surface area contributed by atoms with Crippen LogP contribution in [0.25, 0.3) is 0 Å². The maximum atomic E-state index is 10.4. The highest BCUT2D eigenvalue weighted by Crippen LogP contribution is 2.59. The van der Waals surface area contributed by atoms with E-state index in [-0.39, 0.29) is 11.5 Å². The average molecular weight is 288 g/mol.